The normalized spacial score (nSPS) is 11.7. The number of phenols is 1. The minimum absolute atomic E-state index is 0.0182. The van der Waals surface area contributed by atoms with Gasteiger partial charge in [0.15, 0.2) is 0 Å². The van der Waals surface area contributed by atoms with Crippen molar-refractivity contribution in [3.63, 3.8) is 0 Å². The van der Waals surface area contributed by atoms with E-state index in [2.05, 4.69) is 9.88 Å². The van der Waals surface area contributed by atoms with Gasteiger partial charge in [-0.05, 0) is 38.1 Å². The van der Waals surface area contributed by atoms with Gasteiger partial charge >= 0.3 is 0 Å². The summed E-state index contributed by atoms with van der Waals surface area (Å²) in [6, 6.07) is 5.32. The molecule has 0 spiro atoms. The first kappa shape index (κ1) is 13.6. The van der Waals surface area contributed by atoms with E-state index in [1.165, 1.54) is 24.3 Å². The van der Waals surface area contributed by atoms with Crippen molar-refractivity contribution in [2.45, 2.75) is 25.3 Å². The number of sulfonamides is 1. The summed E-state index contributed by atoms with van der Waals surface area (Å²) in [5.41, 5.74) is 1.38. The van der Waals surface area contributed by atoms with Crippen LogP contribution in [0.5, 0.6) is 5.75 Å². The maximum Gasteiger partial charge on any atom is 0.240 e. The molecule has 0 aliphatic heterocycles. The Morgan fingerprint density at radius 1 is 1.26 bits per heavy atom. The first-order chi connectivity index (χ1) is 8.90. The highest BCUT2D eigenvalue weighted by molar-refractivity contribution is 7.89. The summed E-state index contributed by atoms with van der Waals surface area (Å²) >= 11 is 0. The summed E-state index contributed by atoms with van der Waals surface area (Å²) < 4.78 is 31.5. The van der Waals surface area contributed by atoms with Gasteiger partial charge in [-0.25, -0.2) is 13.1 Å². The van der Waals surface area contributed by atoms with Crippen LogP contribution in [0.4, 0.5) is 0 Å². The van der Waals surface area contributed by atoms with Crippen molar-refractivity contribution in [1.82, 2.24) is 9.88 Å². The molecule has 0 amide bonds. The number of hydrogen-bond acceptors (Lipinski definition) is 5. The molecule has 0 bridgehead atoms. The molecule has 0 unspecified atom stereocenters. The van der Waals surface area contributed by atoms with Crippen molar-refractivity contribution >= 4 is 10.0 Å². The fourth-order valence-corrected chi connectivity index (χ4v) is 2.63. The molecule has 1 heterocycles. The Hall–Kier alpha value is -1.86. The number of aromatic nitrogens is 1. The van der Waals surface area contributed by atoms with Crippen LogP contribution in [0.15, 0.2) is 33.7 Å². The monoisotopic (exact) mass is 282 g/mol. The lowest BCUT2D eigenvalue weighted by Gasteiger charge is -2.06. The van der Waals surface area contributed by atoms with Gasteiger partial charge in [-0.2, -0.15) is 0 Å². The number of benzene rings is 1. The zero-order valence-corrected chi connectivity index (χ0v) is 11.4. The Labute approximate surface area is 111 Å². The largest absolute Gasteiger partial charge is 0.508 e. The highest BCUT2D eigenvalue weighted by atomic mass is 32.2. The third-order valence-corrected chi connectivity index (χ3v) is 4.18. The third kappa shape index (κ3) is 2.94. The van der Waals surface area contributed by atoms with Crippen molar-refractivity contribution in [3.05, 3.63) is 41.3 Å². The minimum Gasteiger partial charge on any atom is -0.508 e. The molecule has 102 valence electrons. The lowest BCUT2D eigenvalue weighted by atomic mass is 10.2. The number of rotatable bonds is 4. The zero-order chi connectivity index (χ0) is 14.0. The summed E-state index contributed by atoms with van der Waals surface area (Å²) in [6.45, 7) is 3.59. The molecule has 2 N–H and O–H groups in total. The van der Waals surface area contributed by atoms with E-state index in [4.69, 9.17) is 9.63 Å². The summed E-state index contributed by atoms with van der Waals surface area (Å²) in [5, 5.41) is 12.9. The quantitative estimate of drug-likeness (QED) is 0.886. The second kappa shape index (κ2) is 5.02. The Balaban J connectivity index is 2.16. The predicted octanol–water partition coefficient (Wildman–Crippen LogP) is 1.48. The lowest BCUT2D eigenvalue weighted by molar-refractivity contribution is 0.392. The van der Waals surface area contributed by atoms with Gasteiger partial charge in [-0.3, -0.25) is 0 Å². The summed E-state index contributed by atoms with van der Waals surface area (Å²) in [4.78, 5) is 0.0945. The number of aromatic hydroxyl groups is 1. The molecule has 0 fully saturated rings. The van der Waals surface area contributed by atoms with Crippen LogP contribution >= 0.6 is 0 Å². The van der Waals surface area contributed by atoms with Gasteiger partial charge in [0.2, 0.25) is 10.0 Å². The standard InChI is InChI=1S/C12H14N2O4S/c1-8-12(9(2)18-14-8)7-13-19(16,17)11-5-3-10(15)4-6-11/h3-6,13,15H,7H2,1-2H3. The van der Waals surface area contributed by atoms with Gasteiger partial charge in [-0.15, -0.1) is 0 Å². The van der Waals surface area contributed by atoms with E-state index in [1.807, 2.05) is 0 Å². The SMILES string of the molecule is Cc1noc(C)c1CNS(=O)(=O)c1ccc(O)cc1. The van der Waals surface area contributed by atoms with Crippen LogP contribution in [0.2, 0.25) is 0 Å². The number of hydrogen-bond donors (Lipinski definition) is 2. The molecule has 0 aliphatic carbocycles. The van der Waals surface area contributed by atoms with Crippen molar-refractivity contribution in [3.8, 4) is 5.75 Å². The molecule has 0 saturated carbocycles. The van der Waals surface area contributed by atoms with E-state index in [0.717, 1.165) is 5.56 Å². The number of aryl methyl sites for hydroxylation is 2. The Morgan fingerprint density at radius 2 is 1.89 bits per heavy atom. The highest BCUT2D eigenvalue weighted by Gasteiger charge is 2.16. The molecule has 0 radical (unpaired) electrons. The molecule has 1 aromatic heterocycles. The molecular weight excluding hydrogens is 268 g/mol. The Bertz CT molecular complexity index is 655. The molecule has 7 heteroatoms. The molecule has 2 aromatic rings. The van der Waals surface area contributed by atoms with Gasteiger partial charge in [-0.1, -0.05) is 5.16 Å². The second-order valence-corrected chi connectivity index (χ2v) is 5.89. The van der Waals surface area contributed by atoms with Crippen molar-refractivity contribution in [2.75, 3.05) is 0 Å². The molecule has 6 nitrogen and oxygen atoms in total. The van der Waals surface area contributed by atoms with Crippen LogP contribution in [-0.2, 0) is 16.6 Å². The van der Waals surface area contributed by atoms with E-state index < -0.39 is 10.0 Å². The van der Waals surface area contributed by atoms with E-state index in [1.54, 1.807) is 13.8 Å². The third-order valence-electron chi connectivity index (χ3n) is 2.77. The molecule has 0 atom stereocenters. The van der Waals surface area contributed by atoms with Gasteiger partial charge in [0.1, 0.15) is 11.5 Å². The molecule has 0 aliphatic rings. The van der Waals surface area contributed by atoms with E-state index >= 15 is 0 Å². The number of nitrogens with one attached hydrogen (secondary N) is 1. The summed E-state index contributed by atoms with van der Waals surface area (Å²) in [6.07, 6.45) is 0. The highest BCUT2D eigenvalue weighted by Crippen LogP contribution is 2.16. The summed E-state index contributed by atoms with van der Waals surface area (Å²) in [7, 11) is -3.62. The average molecular weight is 282 g/mol. The van der Waals surface area contributed by atoms with Gasteiger partial charge in [0.05, 0.1) is 10.6 Å². The molecule has 0 saturated heterocycles. The van der Waals surface area contributed by atoms with E-state index in [-0.39, 0.29) is 17.2 Å². The van der Waals surface area contributed by atoms with Gasteiger partial charge < -0.3 is 9.63 Å². The minimum atomic E-state index is -3.62. The van der Waals surface area contributed by atoms with Crippen LogP contribution in [-0.4, -0.2) is 18.7 Å². The second-order valence-electron chi connectivity index (χ2n) is 4.12. The average Bonchev–Trinajstić information content (AvgIpc) is 2.67. The van der Waals surface area contributed by atoms with E-state index in [0.29, 0.717) is 11.5 Å². The first-order valence-corrected chi connectivity index (χ1v) is 7.09. The van der Waals surface area contributed by atoms with Crippen LogP contribution in [0.1, 0.15) is 17.0 Å². The lowest BCUT2D eigenvalue weighted by Crippen LogP contribution is -2.23. The Kier molecular flexibility index (Phi) is 3.59. The smallest absolute Gasteiger partial charge is 0.240 e. The van der Waals surface area contributed by atoms with Crippen molar-refractivity contribution in [2.24, 2.45) is 0 Å². The van der Waals surface area contributed by atoms with Crippen molar-refractivity contribution in [1.29, 1.82) is 0 Å². The number of phenolic OH excluding ortho intramolecular Hbond substituents is 1. The van der Waals surface area contributed by atoms with Crippen LogP contribution in [0.3, 0.4) is 0 Å². The Morgan fingerprint density at radius 3 is 2.42 bits per heavy atom. The van der Waals surface area contributed by atoms with Crippen LogP contribution in [0, 0.1) is 13.8 Å². The van der Waals surface area contributed by atoms with Gasteiger partial charge in [0, 0.05) is 12.1 Å². The van der Waals surface area contributed by atoms with Crippen LogP contribution < -0.4 is 4.72 Å². The molecule has 19 heavy (non-hydrogen) atoms. The summed E-state index contributed by atoms with van der Waals surface area (Å²) in [5.74, 6) is 0.607. The number of nitrogens with zero attached hydrogens (tertiary/aromatic N) is 1. The van der Waals surface area contributed by atoms with Crippen molar-refractivity contribution < 1.29 is 18.0 Å². The maximum atomic E-state index is 12.0. The molecule has 2 rings (SSSR count). The fraction of sp³-hybridized carbons (Fsp3) is 0.250. The van der Waals surface area contributed by atoms with Crippen LogP contribution in [0.25, 0.3) is 0 Å². The zero-order valence-electron chi connectivity index (χ0n) is 10.5. The first-order valence-electron chi connectivity index (χ1n) is 5.60. The van der Waals surface area contributed by atoms with Gasteiger partial charge in [0.25, 0.3) is 0 Å². The topological polar surface area (TPSA) is 92.4 Å². The molecule has 1 aromatic carbocycles. The van der Waals surface area contributed by atoms with E-state index in [9.17, 15) is 8.42 Å². The predicted molar refractivity (Wildman–Crippen MR) is 68.1 cm³/mol. The maximum absolute atomic E-state index is 12.0. The molecular formula is C12H14N2O4S. The fourth-order valence-electron chi connectivity index (χ4n) is 1.63.